The third-order valence-electron chi connectivity index (χ3n) is 3.65. The topological polar surface area (TPSA) is 66.0 Å². The molecule has 0 saturated carbocycles. The van der Waals surface area contributed by atoms with Crippen molar-refractivity contribution in [3.05, 3.63) is 54.2 Å². The number of benzene rings is 1. The maximum absolute atomic E-state index is 12.1. The number of thioether (sulfide) groups is 1. The van der Waals surface area contributed by atoms with Gasteiger partial charge in [-0.1, -0.05) is 24.3 Å². The number of aromatic nitrogens is 1. The lowest BCUT2D eigenvalue weighted by molar-refractivity contribution is 0.237. The van der Waals surface area contributed by atoms with Gasteiger partial charge in [0.15, 0.2) is 0 Å². The van der Waals surface area contributed by atoms with Crippen LogP contribution in [0.2, 0.25) is 0 Å². The molecule has 3 N–H and O–H groups in total. The standard InChI is InChI=1S/C17H20N4OS/c22-17(20-11-10-19-16-7-3-4-9-18-16)21-14-8-12-23-15-6-2-1-5-13(14)15/h1-7,9,14H,8,10-12H2,(H,18,19)(H2,20,21,22)/t14-/m1/s1. The molecule has 2 amide bonds. The van der Waals surface area contributed by atoms with Gasteiger partial charge < -0.3 is 16.0 Å². The second-order valence-corrected chi connectivity index (χ2v) is 6.41. The van der Waals surface area contributed by atoms with Crippen LogP contribution in [0, 0.1) is 0 Å². The lowest BCUT2D eigenvalue weighted by Crippen LogP contribution is -2.40. The first-order chi connectivity index (χ1) is 11.3. The predicted octanol–water partition coefficient (Wildman–Crippen LogP) is 3.03. The van der Waals surface area contributed by atoms with Crippen molar-refractivity contribution >= 4 is 23.6 Å². The number of rotatable bonds is 5. The summed E-state index contributed by atoms with van der Waals surface area (Å²) in [5, 5.41) is 9.11. The van der Waals surface area contributed by atoms with E-state index in [1.807, 2.05) is 42.1 Å². The van der Waals surface area contributed by atoms with Gasteiger partial charge in [-0.05, 0) is 30.2 Å². The van der Waals surface area contributed by atoms with Crippen LogP contribution < -0.4 is 16.0 Å². The summed E-state index contributed by atoms with van der Waals surface area (Å²) in [5.41, 5.74) is 1.21. The average molecular weight is 328 g/mol. The molecule has 2 heterocycles. The Hall–Kier alpha value is -2.21. The van der Waals surface area contributed by atoms with E-state index in [1.165, 1.54) is 10.5 Å². The first-order valence-electron chi connectivity index (χ1n) is 7.74. The number of amides is 2. The molecule has 1 aliphatic rings. The molecule has 1 atom stereocenters. The molecule has 0 radical (unpaired) electrons. The van der Waals surface area contributed by atoms with Crippen LogP contribution in [-0.4, -0.2) is 29.9 Å². The second-order valence-electron chi connectivity index (χ2n) is 5.27. The summed E-state index contributed by atoms with van der Waals surface area (Å²) >= 11 is 1.85. The van der Waals surface area contributed by atoms with E-state index in [0.717, 1.165) is 18.0 Å². The minimum absolute atomic E-state index is 0.0937. The van der Waals surface area contributed by atoms with Crippen molar-refractivity contribution < 1.29 is 4.79 Å². The lowest BCUT2D eigenvalue weighted by atomic mass is 10.0. The minimum Gasteiger partial charge on any atom is -0.368 e. The van der Waals surface area contributed by atoms with Crippen molar-refractivity contribution in [1.82, 2.24) is 15.6 Å². The third-order valence-corrected chi connectivity index (χ3v) is 4.77. The fraction of sp³-hybridized carbons (Fsp3) is 0.294. The summed E-state index contributed by atoms with van der Waals surface area (Å²) in [5.74, 6) is 1.84. The predicted molar refractivity (Wildman–Crippen MR) is 93.8 cm³/mol. The quantitative estimate of drug-likeness (QED) is 0.738. The summed E-state index contributed by atoms with van der Waals surface area (Å²) in [6.07, 6.45) is 2.70. The number of nitrogens with one attached hydrogen (secondary N) is 3. The number of pyridine rings is 1. The molecule has 0 spiro atoms. The van der Waals surface area contributed by atoms with Gasteiger partial charge >= 0.3 is 6.03 Å². The molecule has 1 aliphatic heterocycles. The summed E-state index contributed by atoms with van der Waals surface area (Å²) in [6, 6.07) is 13.9. The van der Waals surface area contributed by atoms with Crippen molar-refractivity contribution in [3.63, 3.8) is 0 Å². The van der Waals surface area contributed by atoms with Crippen molar-refractivity contribution in [1.29, 1.82) is 0 Å². The molecule has 2 aromatic rings. The van der Waals surface area contributed by atoms with Crippen LogP contribution in [0.15, 0.2) is 53.6 Å². The molecule has 0 bridgehead atoms. The largest absolute Gasteiger partial charge is 0.368 e. The van der Waals surface area contributed by atoms with E-state index in [0.29, 0.717) is 13.1 Å². The highest BCUT2D eigenvalue weighted by atomic mass is 32.2. The Morgan fingerprint density at radius 2 is 2.04 bits per heavy atom. The zero-order valence-corrected chi connectivity index (χ0v) is 13.6. The molecule has 0 aliphatic carbocycles. The van der Waals surface area contributed by atoms with E-state index in [4.69, 9.17) is 0 Å². The van der Waals surface area contributed by atoms with Crippen LogP contribution in [0.25, 0.3) is 0 Å². The molecule has 0 saturated heterocycles. The zero-order chi connectivity index (χ0) is 15.9. The van der Waals surface area contributed by atoms with Crippen LogP contribution in [0.3, 0.4) is 0 Å². The number of anilines is 1. The van der Waals surface area contributed by atoms with E-state index in [2.05, 4.69) is 33.1 Å². The van der Waals surface area contributed by atoms with Gasteiger partial charge in [-0.15, -0.1) is 11.8 Å². The number of urea groups is 1. The Labute approximate surface area is 140 Å². The Bertz CT molecular complexity index is 650. The molecule has 3 rings (SSSR count). The number of hydrogen-bond acceptors (Lipinski definition) is 4. The molecule has 0 fully saturated rings. The molecule has 23 heavy (non-hydrogen) atoms. The number of fused-ring (bicyclic) bond motifs is 1. The molecule has 120 valence electrons. The van der Waals surface area contributed by atoms with E-state index in [-0.39, 0.29) is 12.1 Å². The number of nitrogens with zero attached hydrogens (tertiary/aromatic N) is 1. The van der Waals surface area contributed by atoms with Crippen molar-refractivity contribution in [2.45, 2.75) is 17.4 Å². The van der Waals surface area contributed by atoms with Gasteiger partial charge in [0, 0.05) is 29.9 Å². The van der Waals surface area contributed by atoms with E-state index in [9.17, 15) is 4.79 Å². The van der Waals surface area contributed by atoms with Gasteiger partial charge in [-0.3, -0.25) is 0 Å². The monoisotopic (exact) mass is 328 g/mol. The van der Waals surface area contributed by atoms with E-state index in [1.54, 1.807) is 6.20 Å². The minimum atomic E-state index is -0.125. The fourth-order valence-electron chi connectivity index (χ4n) is 2.54. The van der Waals surface area contributed by atoms with Gasteiger partial charge in [-0.2, -0.15) is 0 Å². The smallest absolute Gasteiger partial charge is 0.315 e. The Balaban J connectivity index is 1.43. The van der Waals surface area contributed by atoms with Gasteiger partial charge in [0.05, 0.1) is 6.04 Å². The zero-order valence-electron chi connectivity index (χ0n) is 12.8. The summed E-state index contributed by atoms with van der Waals surface area (Å²) in [4.78, 5) is 17.5. The SMILES string of the molecule is O=C(NCCNc1ccccn1)N[C@@H]1CCSc2ccccc21. The van der Waals surface area contributed by atoms with Crippen LogP contribution >= 0.6 is 11.8 Å². The Morgan fingerprint density at radius 1 is 1.17 bits per heavy atom. The maximum atomic E-state index is 12.1. The van der Waals surface area contributed by atoms with Crippen molar-refractivity contribution in [2.24, 2.45) is 0 Å². The molecule has 5 nitrogen and oxygen atoms in total. The van der Waals surface area contributed by atoms with Crippen LogP contribution in [0.1, 0.15) is 18.0 Å². The fourth-order valence-corrected chi connectivity index (χ4v) is 3.66. The van der Waals surface area contributed by atoms with Gasteiger partial charge in [-0.25, -0.2) is 9.78 Å². The Morgan fingerprint density at radius 3 is 2.91 bits per heavy atom. The molecule has 1 aromatic heterocycles. The first-order valence-corrected chi connectivity index (χ1v) is 8.72. The van der Waals surface area contributed by atoms with E-state index >= 15 is 0 Å². The summed E-state index contributed by atoms with van der Waals surface area (Å²) < 4.78 is 0. The highest BCUT2D eigenvalue weighted by Gasteiger charge is 2.21. The van der Waals surface area contributed by atoms with Crippen LogP contribution in [-0.2, 0) is 0 Å². The van der Waals surface area contributed by atoms with Gasteiger partial charge in [0.2, 0.25) is 0 Å². The number of hydrogen-bond donors (Lipinski definition) is 3. The summed E-state index contributed by atoms with van der Waals surface area (Å²) in [6.45, 7) is 1.19. The Kier molecular flexibility index (Phi) is 5.37. The molecule has 1 aromatic carbocycles. The van der Waals surface area contributed by atoms with Crippen molar-refractivity contribution in [3.8, 4) is 0 Å². The maximum Gasteiger partial charge on any atom is 0.315 e. The molecule has 0 unspecified atom stereocenters. The van der Waals surface area contributed by atoms with Crippen LogP contribution in [0.5, 0.6) is 0 Å². The normalized spacial score (nSPS) is 16.3. The summed E-state index contributed by atoms with van der Waals surface area (Å²) in [7, 11) is 0. The second kappa shape index (κ2) is 7.87. The van der Waals surface area contributed by atoms with E-state index < -0.39 is 0 Å². The van der Waals surface area contributed by atoms with Crippen LogP contribution in [0.4, 0.5) is 10.6 Å². The molecule has 6 heteroatoms. The number of carbonyl (C=O) groups is 1. The molecular weight excluding hydrogens is 308 g/mol. The van der Waals surface area contributed by atoms with Crippen molar-refractivity contribution in [2.75, 3.05) is 24.2 Å². The van der Waals surface area contributed by atoms with Gasteiger partial charge in [0.25, 0.3) is 0 Å². The highest BCUT2D eigenvalue weighted by Crippen LogP contribution is 2.35. The average Bonchev–Trinajstić information content (AvgIpc) is 2.60. The highest BCUT2D eigenvalue weighted by molar-refractivity contribution is 7.99. The first kappa shape index (κ1) is 15.7. The van der Waals surface area contributed by atoms with Gasteiger partial charge in [0.1, 0.15) is 5.82 Å². The number of carbonyl (C=O) groups excluding carboxylic acids is 1. The third kappa shape index (κ3) is 4.39. The lowest BCUT2D eigenvalue weighted by Gasteiger charge is -2.25. The molecular formula is C17H20N4OS.